The fraction of sp³-hybridized carbons (Fsp3) is 0.179. The van der Waals surface area contributed by atoms with E-state index in [1.165, 1.54) is 19.2 Å². The Bertz CT molecular complexity index is 1700. The number of hydrogen-bond donors (Lipinski definition) is 0. The maximum absolute atomic E-state index is 13.3. The van der Waals surface area contributed by atoms with Gasteiger partial charge in [-0.05, 0) is 82.4 Å². The molecule has 0 atom stereocenters. The molecule has 0 amide bonds. The van der Waals surface area contributed by atoms with E-state index >= 15 is 0 Å². The maximum atomic E-state index is 13.3. The Morgan fingerprint density at radius 3 is 1.93 bits per heavy atom. The van der Waals surface area contributed by atoms with Crippen molar-refractivity contribution >= 4 is 38.2 Å². The van der Waals surface area contributed by atoms with Crippen molar-refractivity contribution in [2.24, 2.45) is 0 Å². The molecule has 0 N–H and O–H groups in total. The van der Waals surface area contributed by atoms with Gasteiger partial charge in [0, 0.05) is 5.02 Å². The lowest BCUT2D eigenvalue weighted by atomic mass is 9.89. The van der Waals surface area contributed by atoms with Crippen LogP contribution in [0.15, 0.2) is 76.5 Å². The first-order valence-corrected chi connectivity index (χ1v) is 13.3. The van der Waals surface area contributed by atoms with E-state index in [2.05, 4.69) is 0 Å². The monoisotopic (exact) mass is 600 g/mol. The summed E-state index contributed by atoms with van der Waals surface area (Å²) in [6, 6.07) is 12.1. The summed E-state index contributed by atoms with van der Waals surface area (Å²) in [5.41, 5.74) is -1.07. The van der Waals surface area contributed by atoms with Gasteiger partial charge in [0.2, 0.25) is 9.84 Å². The number of rotatable bonds is 5. The fourth-order valence-electron chi connectivity index (χ4n) is 4.33. The van der Waals surface area contributed by atoms with Crippen molar-refractivity contribution in [3.63, 3.8) is 0 Å². The standard InChI is InChI=1S/C28H19ClF6O4S/c1-15-18(10-25(36)39-2)9-17-3-6-21(29)14-24(17)26(15)16-4-7-22(8-5-16)40(37,38)23-12-19(27(30,31)32)11-20(13-23)28(33,34)35/h3-9,11-14H,10H2,1-2H3. The van der Waals surface area contributed by atoms with Gasteiger partial charge in [-0.1, -0.05) is 35.9 Å². The van der Waals surface area contributed by atoms with Crippen LogP contribution in [0.25, 0.3) is 21.9 Å². The number of esters is 1. The van der Waals surface area contributed by atoms with E-state index in [1.54, 1.807) is 31.2 Å². The molecule has 4 aromatic carbocycles. The number of alkyl halides is 6. The SMILES string of the molecule is COC(=O)Cc1cc2ccc(Cl)cc2c(-c2ccc(S(=O)(=O)c3cc(C(F)(F)F)cc(C(F)(F)F)c3)cc2)c1C. The summed E-state index contributed by atoms with van der Waals surface area (Å²) in [6.07, 6.45) is -10.5. The van der Waals surface area contributed by atoms with Crippen LogP contribution in [0, 0.1) is 6.92 Å². The lowest BCUT2D eigenvalue weighted by molar-refractivity contribution is -0.143. The minimum Gasteiger partial charge on any atom is -0.469 e. The second-order valence-corrected chi connectivity index (χ2v) is 11.3. The minimum atomic E-state index is -5.20. The van der Waals surface area contributed by atoms with E-state index in [1.807, 2.05) is 0 Å². The van der Waals surface area contributed by atoms with E-state index in [4.69, 9.17) is 16.3 Å². The molecule has 12 heteroatoms. The third-order valence-corrected chi connectivity index (χ3v) is 8.34. The van der Waals surface area contributed by atoms with Crippen LogP contribution in [0.5, 0.6) is 0 Å². The third kappa shape index (κ3) is 5.80. The van der Waals surface area contributed by atoms with E-state index in [-0.39, 0.29) is 24.6 Å². The second kappa shape index (κ2) is 10.4. The van der Waals surface area contributed by atoms with Crippen LogP contribution in [-0.4, -0.2) is 21.5 Å². The molecule has 0 fully saturated rings. The van der Waals surface area contributed by atoms with Gasteiger partial charge in [0.15, 0.2) is 0 Å². The largest absolute Gasteiger partial charge is 0.469 e. The first-order valence-electron chi connectivity index (χ1n) is 11.5. The normalized spacial score (nSPS) is 12.5. The number of ether oxygens (including phenoxy) is 1. The van der Waals surface area contributed by atoms with E-state index < -0.39 is 49.1 Å². The lowest BCUT2D eigenvalue weighted by Crippen LogP contribution is -2.13. The zero-order valence-electron chi connectivity index (χ0n) is 20.7. The molecule has 0 aliphatic carbocycles. The van der Waals surface area contributed by atoms with Gasteiger partial charge >= 0.3 is 18.3 Å². The highest BCUT2D eigenvalue weighted by Crippen LogP contribution is 2.40. The summed E-state index contributed by atoms with van der Waals surface area (Å²) in [4.78, 5) is 10.3. The summed E-state index contributed by atoms with van der Waals surface area (Å²) in [6.45, 7) is 1.75. The summed E-state index contributed by atoms with van der Waals surface area (Å²) in [5, 5.41) is 1.82. The highest BCUT2D eigenvalue weighted by Gasteiger charge is 2.38. The first-order chi connectivity index (χ1) is 18.5. The Hall–Kier alpha value is -3.57. The molecule has 0 aliphatic heterocycles. The van der Waals surface area contributed by atoms with Crippen LogP contribution in [-0.2, 0) is 38.1 Å². The molecule has 210 valence electrons. The number of benzene rings is 4. The smallest absolute Gasteiger partial charge is 0.416 e. The van der Waals surface area contributed by atoms with Gasteiger partial charge in [-0.2, -0.15) is 26.3 Å². The summed E-state index contributed by atoms with van der Waals surface area (Å²) < 4.78 is 111. The molecule has 0 radical (unpaired) electrons. The zero-order valence-corrected chi connectivity index (χ0v) is 22.3. The minimum absolute atomic E-state index is 0.0442. The van der Waals surface area contributed by atoms with Gasteiger partial charge in [-0.15, -0.1) is 0 Å². The molecule has 0 heterocycles. The molecule has 4 aromatic rings. The molecule has 40 heavy (non-hydrogen) atoms. The molecular weight excluding hydrogens is 582 g/mol. The van der Waals surface area contributed by atoms with Crippen LogP contribution in [0.2, 0.25) is 5.02 Å². The molecule has 4 rings (SSSR count). The molecule has 0 aliphatic rings. The summed E-state index contributed by atoms with van der Waals surface area (Å²) in [5.74, 6) is -0.483. The Balaban J connectivity index is 1.86. The average Bonchev–Trinajstić information content (AvgIpc) is 2.88. The summed E-state index contributed by atoms with van der Waals surface area (Å²) >= 11 is 6.21. The fourth-order valence-corrected chi connectivity index (χ4v) is 5.83. The number of carbonyl (C=O) groups excluding carboxylic acids is 1. The van der Waals surface area contributed by atoms with E-state index in [0.717, 1.165) is 17.5 Å². The van der Waals surface area contributed by atoms with Gasteiger partial charge in [0.05, 0.1) is 34.4 Å². The number of sulfone groups is 1. The molecular formula is C28H19ClF6O4S. The van der Waals surface area contributed by atoms with Gasteiger partial charge in [-0.25, -0.2) is 8.42 Å². The number of methoxy groups -OCH3 is 1. The van der Waals surface area contributed by atoms with Crippen molar-refractivity contribution in [1.29, 1.82) is 0 Å². The Morgan fingerprint density at radius 2 is 1.40 bits per heavy atom. The van der Waals surface area contributed by atoms with Gasteiger partial charge in [0.1, 0.15) is 0 Å². The van der Waals surface area contributed by atoms with Crippen molar-refractivity contribution < 1.29 is 44.3 Å². The predicted molar refractivity (Wildman–Crippen MR) is 137 cm³/mol. The van der Waals surface area contributed by atoms with Crippen LogP contribution in [0.1, 0.15) is 22.3 Å². The Kier molecular flexibility index (Phi) is 7.68. The number of fused-ring (bicyclic) bond motifs is 1. The van der Waals surface area contributed by atoms with Crippen molar-refractivity contribution in [1.82, 2.24) is 0 Å². The lowest BCUT2D eigenvalue weighted by Gasteiger charge is -2.17. The highest BCUT2D eigenvalue weighted by molar-refractivity contribution is 7.91. The second-order valence-electron chi connectivity index (χ2n) is 8.92. The predicted octanol–water partition coefficient (Wildman–Crippen LogP) is 8.05. The van der Waals surface area contributed by atoms with Crippen LogP contribution in [0.3, 0.4) is 0 Å². The quantitative estimate of drug-likeness (QED) is 0.172. The van der Waals surface area contributed by atoms with Crippen molar-refractivity contribution in [3.05, 3.63) is 94.0 Å². The third-order valence-electron chi connectivity index (χ3n) is 6.36. The molecule has 0 unspecified atom stereocenters. The van der Waals surface area contributed by atoms with Crippen molar-refractivity contribution in [2.45, 2.75) is 35.5 Å². The average molecular weight is 601 g/mol. The zero-order chi connectivity index (χ0) is 29.6. The van der Waals surface area contributed by atoms with Crippen molar-refractivity contribution in [3.8, 4) is 11.1 Å². The van der Waals surface area contributed by atoms with Gasteiger partial charge in [-0.3, -0.25) is 4.79 Å². The van der Waals surface area contributed by atoms with Crippen molar-refractivity contribution in [2.75, 3.05) is 7.11 Å². The van der Waals surface area contributed by atoms with Gasteiger partial charge in [0.25, 0.3) is 0 Å². The van der Waals surface area contributed by atoms with Crippen LogP contribution >= 0.6 is 11.6 Å². The molecule has 0 bridgehead atoms. The van der Waals surface area contributed by atoms with E-state index in [0.29, 0.717) is 32.7 Å². The Labute approximate surface area is 230 Å². The summed E-state index contributed by atoms with van der Waals surface area (Å²) in [7, 11) is -3.52. The number of hydrogen-bond acceptors (Lipinski definition) is 4. The van der Waals surface area contributed by atoms with Crippen LogP contribution < -0.4 is 0 Å². The van der Waals surface area contributed by atoms with Gasteiger partial charge < -0.3 is 4.74 Å². The highest BCUT2D eigenvalue weighted by atomic mass is 35.5. The van der Waals surface area contributed by atoms with E-state index in [9.17, 15) is 39.6 Å². The van der Waals surface area contributed by atoms with Crippen LogP contribution in [0.4, 0.5) is 26.3 Å². The molecule has 0 saturated heterocycles. The topological polar surface area (TPSA) is 60.4 Å². The molecule has 0 aromatic heterocycles. The number of halogens is 7. The first kappa shape index (κ1) is 29.4. The molecule has 0 spiro atoms. The number of carbonyl (C=O) groups is 1. The maximum Gasteiger partial charge on any atom is 0.416 e. The Morgan fingerprint density at radius 1 is 0.825 bits per heavy atom. The molecule has 0 saturated carbocycles. The molecule has 4 nitrogen and oxygen atoms in total.